The van der Waals surface area contributed by atoms with Crippen LogP contribution in [-0.2, 0) is 22.7 Å². The molecule has 1 N–H and O–H groups in total. The highest BCUT2D eigenvalue weighted by atomic mass is 35.5. The molecular formula is C30H23Cl2NO5. The van der Waals surface area contributed by atoms with Gasteiger partial charge >= 0.3 is 0 Å². The van der Waals surface area contributed by atoms with Crippen LogP contribution in [0.25, 0.3) is 5.76 Å². The van der Waals surface area contributed by atoms with Crippen molar-refractivity contribution >= 4 is 40.7 Å². The van der Waals surface area contributed by atoms with Crippen molar-refractivity contribution in [1.82, 2.24) is 4.90 Å². The summed E-state index contributed by atoms with van der Waals surface area (Å²) in [5.74, 6) is -0.761. The lowest BCUT2D eigenvalue weighted by molar-refractivity contribution is -0.140. The fraction of sp³-hybridized carbons (Fsp3) is 0.133. The number of furan rings is 1. The van der Waals surface area contributed by atoms with E-state index >= 15 is 0 Å². The van der Waals surface area contributed by atoms with E-state index in [2.05, 4.69) is 0 Å². The molecule has 1 saturated heterocycles. The lowest BCUT2D eigenvalue weighted by Crippen LogP contribution is -2.29. The highest BCUT2D eigenvalue weighted by Gasteiger charge is 2.46. The van der Waals surface area contributed by atoms with E-state index in [1.165, 1.54) is 11.2 Å². The molecule has 1 fully saturated rings. The second-order valence-electron chi connectivity index (χ2n) is 8.98. The highest BCUT2D eigenvalue weighted by Crippen LogP contribution is 2.41. The van der Waals surface area contributed by atoms with Gasteiger partial charge in [0.15, 0.2) is 0 Å². The number of aliphatic hydroxyl groups is 1. The van der Waals surface area contributed by atoms with E-state index < -0.39 is 17.7 Å². The Morgan fingerprint density at radius 3 is 2.45 bits per heavy atom. The lowest BCUT2D eigenvalue weighted by atomic mass is 9.95. The van der Waals surface area contributed by atoms with Crippen molar-refractivity contribution in [3.63, 3.8) is 0 Å². The first kappa shape index (κ1) is 25.6. The van der Waals surface area contributed by atoms with Gasteiger partial charge < -0.3 is 19.2 Å². The summed E-state index contributed by atoms with van der Waals surface area (Å²) in [5.41, 5.74) is 3.04. The van der Waals surface area contributed by atoms with E-state index in [4.69, 9.17) is 32.4 Å². The number of carbonyl (C=O) groups is 2. The van der Waals surface area contributed by atoms with Crippen LogP contribution < -0.4 is 4.74 Å². The molecule has 3 aromatic carbocycles. The van der Waals surface area contributed by atoms with Crippen LogP contribution in [-0.4, -0.2) is 21.7 Å². The Kier molecular flexibility index (Phi) is 7.27. The minimum atomic E-state index is -0.896. The van der Waals surface area contributed by atoms with E-state index in [9.17, 15) is 14.7 Å². The molecule has 1 atom stereocenters. The number of hydrogen-bond acceptors (Lipinski definition) is 5. The number of aliphatic hydroxyl groups excluding tert-OH is 1. The van der Waals surface area contributed by atoms with Crippen LogP contribution in [0.1, 0.15) is 34.1 Å². The van der Waals surface area contributed by atoms with Crippen molar-refractivity contribution in [2.24, 2.45) is 0 Å². The first-order valence-electron chi connectivity index (χ1n) is 11.9. The molecule has 192 valence electrons. The summed E-state index contributed by atoms with van der Waals surface area (Å²) in [4.78, 5) is 27.7. The van der Waals surface area contributed by atoms with Crippen LogP contribution in [0.3, 0.4) is 0 Å². The number of hydrogen-bond donors (Lipinski definition) is 1. The Labute approximate surface area is 229 Å². The maximum absolute atomic E-state index is 13.2. The zero-order valence-corrected chi connectivity index (χ0v) is 21.9. The first-order chi connectivity index (χ1) is 18.3. The van der Waals surface area contributed by atoms with E-state index in [1.54, 1.807) is 54.6 Å². The van der Waals surface area contributed by atoms with Crippen LogP contribution in [0.2, 0.25) is 10.0 Å². The molecule has 0 aliphatic carbocycles. The molecule has 0 saturated carbocycles. The van der Waals surface area contributed by atoms with Crippen molar-refractivity contribution in [2.75, 3.05) is 0 Å². The molecule has 8 heteroatoms. The summed E-state index contributed by atoms with van der Waals surface area (Å²) >= 11 is 12.4. The number of benzene rings is 3. The summed E-state index contributed by atoms with van der Waals surface area (Å²) < 4.78 is 11.3. The average Bonchev–Trinajstić information content (AvgIpc) is 3.51. The predicted molar refractivity (Wildman–Crippen MR) is 145 cm³/mol. The van der Waals surface area contributed by atoms with E-state index in [0.717, 1.165) is 11.1 Å². The Morgan fingerprint density at radius 1 is 0.974 bits per heavy atom. The van der Waals surface area contributed by atoms with Crippen LogP contribution in [0.5, 0.6) is 5.75 Å². The number of ketones is 1. The summed E-state index contributed by atoms with van der Waals surface area (Å²) in [6.07, 6.45) is 1.49. The Bertz CT molecular complexity index is 1530. The molecular weight excluding hydrogens is 525 g/mol. The third-order valence-electron chi connectivity index (χ3n) is 6.32. The van der Waals surface area contributed by atoms with Crippen LogP contribution in [0.15, 0.2) is 95.1 Å². The SMILES string of the molecule is Cc1cccc(COc2ccc(/C(O)=C3\C(=O)C(=O)N(Cc4ccco4)C3c3ccc(Cl)c(Cl)c3)cc2)c1. The van der Waals surface area contributed by atoms with Gasteiger partial charge in [0, 0.05) is 5.56 Å². The number of amides is 1. The van der Waals surface area contributed by atoms with Crippen molar-refractivity contribution in [3.8, 4) is 5.75 Å². The van der Waals surface area contributed by atoms with E-state index in [0.29, 0.717) is 34.3 Å². The molecule has 38 heavy (non-hydrogen) atoms. The summed E-state index contributed by atoms with van der Waals surface area (Å²) in [6.45, 7) is 2.44. The summed E-state index contributed by atoms with van der Waals surface area (Å²) in [6, 6.07) is 22.1. The van der Waals surface area contributed by atoms with Crippen molar-refractivity contribution in [1.29, 1.82) is 0 Å². The van der Waals surface area contributed by atoms with Gasteiger partial charge in [-0.05, 0) is 66.6 Å². The maximum Gasteiger partial charge on any atom is 0.296 e. The molecule has 5 rings (SSSR count). The van der Waals surface area contributed by atoms with Gasteiger partial charge in [-0.2, -0.15) is 0 Å². The molecule has 4 aromatic rings. The molecule has 0 radical (unpaired) electrons. The van der Waals surface area contributed by atoms with Gasteiger partial charge in [0.25, 0.3) is 11.7 Å². The van der Waals surface area contributed by atoms with Crippen molar-refractivity contribution in [3.05, 3.63) is 129 Å². The molecule has 1 unspecified atom stereocenters. The van der Waals surface area contributed by atoms with Gasteiger partial charge in [0.05, 0.1) is 34.5 Å². The molecule has 1 aliphatic heterocycles. The van der Waals surface area contributed by atoms with Gasteiger partial charge in [0.2, 0.25) is 0 Å². The zero-order chi connectivity index (χ0) is 26.8. The number of nitrogens with zero attached hydrogens (tertiary/aromatic N) is 1. The highest BCUT2D eigenvalue weighted by molar-refractivity contribution is 6.46. The Morgan fingerprint density at radius 2 is 1.76 bits per heavy atom. The van der Waals surface area contributed by atoms with Crippen LogP contribution >= 0.6 is 23.2 Å². The third-order valence-corrected chi connectivity index (χ3v) is 7.06. The number of carbonyl (C=O) groups excluding carboxylic acids is 2. The summed E-state index contributed by atoms with van der Waals surface area (Å²) in [7, 11) is 0. The van der Waals surface area contributed by atoms with Crippen LogP contribution in [0, 0.1) is 6.92 Å². The molecule has 2 heterocycles. The van der Waals surface area contributed by atoms with Gasteiger partial charge in [-0.25, -0.2) is 0 Å². The normalized spacial score (nSPS) is 16.7. The van der Waals surface area contributed by atoms with Gasteiger partial charge in [-0.3, -0.25) is 9.59 Å². The minimum absolute atomic E-state index is 0.0327. The largest absolute Gasteiger partial charge is 0.507 e. The first-order valence-corrected chi connectivity index (χ1v) is 12.6. The number of likely N-dealkylation sites (tertiary alicyclic amines) is 1. The second-order valence-corrected chi connectivity index (χ2v) is 9.80. The predicted octanol–water partition coefficient (Wildman–Crippen LogP) is 7.10. The van der Waals surface area contributed by atoms with E-state index in [-0.39, 0.29) is 22.9 Å². The van der Waals surface area contributed by atoms with Gasteiger partial charge in [-0.15, -0.1) is 0 Å². The van der Waals surface area contributed by atoms with Crippen LogP contribution in [0.4, 0.5) is 0 Å². The number of aryl methyl sites for hydroxylation is 1. The number of Topliss-reactive ketones (excluding diaryl/α,β-unsaturated/α-hetero) is 1. The van der Waals surface area contributed by atoms with E-state index in [1.807, 2.05) is 31.2 Å². The Balaban J connectivity index is 1.48. The monoisotopic (exact) mass is 547 g/mol. The lowest BCUT2D eigenvalue weighted by Gasteiger charge is -2.24. The zero-order valence-electron chi connectivity index (χ0n) is 20.4. The van der Waals surface area contributed by atoms with Crippen molar-refractivity contribution < 1.29 is 23.8 Å². The topological polar surface area (TPSA) is 80.0 Å². The van der Waals surface area contributed by atoms with Gasteiger partial charge in [-0.1, -0.05) is 59.1 Å². The molecule has 0 bridgehead atoms. The minimum Gasteiger partial charge on any atom is -0.507 e. The average molecular weight is 548 g/mol. The third kappa shape index (κ3) is 5.19. The molecule has 6 nitrogen and oxygen atoms in total. The molecule has 1 aliphatic rings. The Hall–Kier alpha value is -4.00. The summed E-state index contributed by atoms with van der Waals surface area (Å²) in [5, 5.41) is 11.9. The smallest absolute Gasteiger partial charge is 0.296 e. The van der Waals surface area contributed by atoms with Crippen molar-refractivity contribution in [2.45, 2.75) is 26.1 Å². The number of ether oxygens (including phenoxy) is 1. The fourth-order valence-electron chi connectivity index (χ4n) is 4.48. The quantitative estimate of drug-likeness (QED) is 0.152. The molecule has 0 spiro atoms. The standard InChI is InChI=1S/C30H23Cl2NO5/c1-18-4-2-5-19(14-18)17-38-22-10-7-20(8-11-22)28(34)26-27(21-9-12-24(31)25(32)15-21)33(30(36)29(26)35)16-23-6-3-13-37-23/h2-15,27,34H,16-17H2,1H3/b28-26+. The second kappa shape index (κ2) is 10.8. The molecule has 1 aromatic heterocycles. The molecule has 1 amide bonds. The fourth-order valence-corrected chi connectivity index (χ4v) is 4.78. The number of halogens is 2. The van der Waals surface area contributed by atoms with Gasteiger partial charge in [0.1, 0.15) is 23.9 Å². The number of rotatable bonds is 7. The maximum atomic E-state index is 13.2.